The van der Waals surface area contributed by atoms with Gasteiger partial charge < -0.3 is 5.32 Å². The highest BCUT2D eigenvalue weighted by molar-refractivity contribution is 6.30. The van der Waals surface area contributed by atoms with E-state index < -0.39 is 0 Å². The van der Waals surface area contributed by atoms with Crippen LogP contribution in [0.15, 0.2) is 24.3 Å². The van der Waals surface area contributed by atoms with Crippen molar-refractivity contribution in [3.05, 3.63) is 34.9 Å². The Morgan fingerprint density at radius 2 is 2.11 bits per heavy atom. The molecule has 0 aromatic heterocycles. The molecular formula is C15H20ClNO. The molecule has 0 radical (unpaired) electrons. The molecule has 3 heteroatoms. The molecule has 1 N–H and O–H groups in total. The molecule has 1 aliphatic heterocycles. The third-order valence-electron chi connectivity index (χ3n) is 3.85. The molecule has 2 nitrogen and oxygen atoms in total. The van der Waals surface area contributed by atoms with Gasteiger partial charge in [-0.1, -0.05) is 30.7 Å². The van der Waals surface area contributed by atoms with E-state index in [4.69, 9.17) is 11.6 Å². The van der Waals surface area contributed by atoms with E-state index in [1.54, 1.807) is 0 Å². The van der Waals surface area contributed by atoms with Crippen molar-refractivity contribution in [2.75, 3.05) is 13.1 Å². The van der Waals surface area contributed by atoms with Crippen LogP contribution in [0.25, 0.3) is 0 Å². The van der Waals surface area contributed by atoms with E-state index in [0.717, 1.165) is 42.9 Å². The Balaban J connectivity index is 2.38. The van der Waals surface area contributed by atoms with Crippen LogP contribution in [0.4, 0.5) is 0 Å². The van der Waals surface area contributed by atoms with Crippen LogP contribution < -0.4 is 5.32 Å². The van der Waals surface area contributed by atoms with E-state index in [9.17, 15) is 4.79 Å². The van der Waals surface area contributed by atoms with Gasteiger partial charge in [-0.05, 0) is 50.0 Å². The number of carbonyl (C=O) groups excluding carboxylic acids is 1. The van der Waals surface area contributed by atoms with Crippen molar-refractivity contribution >= 4 is 17.4 Å². The van der Waals surface area contributed by atoms with Crippen LogP contribution in [0.1, 0.15) is 38.2 Å². The summed E-state index contributed by atoms with van der Waals surface area (Å²) < 4.78 is 0. The first-order valence-electron chi connectivity index (χ1n) is 6.69. The summed E-state index contributed by atoms with van der Waals surface area (Å²) in [7, 11) is 0. The van der Waals surface area contributed by atoms with Gasteiger partial charge in [0.1, 0.15) is 5.78 Å². The van der Waals surface area contributed by atoms with Gasteiger partial charge in [-0.25, -0.2) is 0 Å². The number of Topliss-reactive ketones (excluding diaryl/α,β-unsaturated/α-hetero) is 1. The second-order valence-electron chi connectivity index (χ2n) is 5.02. The topological polar surface area (TPSA) is 29.1 Å². The van der Waals surface area contributed by atoms with Gasteiger partial charge in [0.25, 0.3) is 0 Å². The normalized spacial score (nSPS) is 18.6. The monoisotopic (exact) mass is 265 g/mol. The predicted molar refractivity (Wildman–Crippen MR) is 75.1 cm³/mol. The molecule has 0 bridgehead atoms. The van der Waals surface area contributed by atoms with Crippen LogP contribution in [0.5, 0.6) is 0 Å². The van der Waals surface area contributed by atoms with Crippen molar-refractivity contribution in [3.8, 4) is 0 Å². The number of hydrogen-bond donors (Lipinski definition) is 1. The molecule has 0 amide bonds. The Bertz CT molecular complexity index is 424. The molecule has 18 heavy (non-hydrogen) atoms. The van der Waals surface area contributed by atoms with Crippen molar-refractivity contribution in [2.45, 2.75) is 38.0 Å². The van der Waals surface area contributed by atoms with Crippen molar-refractivity contribution in [3.63, 3.8) is 0 Å². The Hall–Kier alpha value is -0.860. The lowest BCUT2D eigenvalue weighted by Gasteiger charge is -2.37. The Morgan fingerprint density at radius 3 is 2.72 bits per heavy atom. The third-order valence-corrected chi connectivity index (χ3v) is 4.08. The van der Waals surface area contributed by atoms with E-state index >= 15 is 0 Å². The highest BCUT2D eigenvalue weighted by Gasteiger charge is 2.39. The number of piperidine rings is 1. The van der Waals surface area contributed by atoms with Gasteiger partial charge in [-0.3, -0.25) is 4.79 Å². The van der Waals surface area contributed by atoms with Crippen LogP contribution in [-0.2, 0) is 10.2 Å². The van der Waals surface area contributed by atoms with Crippen LogP contribution in [-0.4, -0.2) is 18.9 Å². The summed E-state index contributed by atoms with van der Waals surface area (Å²) in [5.74, 6) is 0.369. The average molecular weight is 266 g/mol. The van der Waals surface area contributed by atoms with Gasteiger partial charge in [0.2, 0.25) is 0 Å². The molecule has 1 aliphatic rings. The zero-order valence-electron chi connectivity index (χ0n) is 10.8. The lowest BCUT2D eigenvalue weighted by atomic mass is 9.69. The summed E-state index contributed by atoms with van der Waals surface area (Å²) in [6.07, 6.45) is 3.33. The first-order valence-corrected chi connectivity index (χ1v) is 7.07. The van der Waals surface area contributed by atoms with E-state index in [-0.39, 0.29) is 5.41 Å². The maximum atomic E-state index is 12.6. The molecule has 1 fully saturated rings. The highest BCUT2D eigenvalue weighted by Crippen LogP contribution is 2.36. The number of halogens is 1. The molecule has 0 aliphatic carbocycles. The smallest absolute Gasteiger partial charge is 0.143 e. The SMILES string of the molecule is CCCC(=O)C1(c2cccc(Cl)c2)CCNCC1. The summed E-state index contributed by atoms with van der Waals surface area (Å²) in [4.78, 5) is 12.6. The maximum Gasteiger partial charge on any atom is 0.143 e. The first-order chi connectivity index (χ1) is 8.69. The predicted octanol–water partition coefficient (Wildman–Crippen LogP) is 3.33. The number of hydrogen-bond acceptors (Lipinski definition) is 2. The van der Waals surface area contributed by atoms with Crippen molar-refractivity contribution < 1.29 is 4.79 Å². The third kappa shape index (κ3) is 2.60. The first kappa shape index (κ1) is 13.6. The summed E-state index contributed by atoms with van der Waals surface area (Å²) >= 11 is 6.08. The highest BCUT2D eigenvalue weighted by atomic mass is 35.5. The van der Waals surface area contributed by atoms with Crippen LogP contribution in [0.2, 0.25) is 5.02 Å². The molecule has 1 aromatic rings. The van der Waals surface area contributed by atoms with Crippen molar-refractivity contribution in [1.82, 2.24) is 5.32 Å². The molecule has 0 spiro atoms. The summed E-state index contributed by atoms with van der Waals surface area (Å²) in [5.41, 5.74) is 0.779. The number of nitrogens with one attached hydrogen (secondary N) is 1. The Kier molecular flexibility index (Phi) is 4.41. The molecule has 98 valence electrons. The van der Waals surface area contributed by atoms with Crippen LogP contribution in [0.3, 0.4) is 0 Å². The van der Waals surface area contributed by atoms with Crippen LogP contribution >= 0.6 is 11.6 Å². The fourth-order valence-electron chi connectivity index (χ4n) is 2.83. The molecular weight excluding hydrogens is 246 g/mol. The Labute approximate surface area is 114 Å². The van der Waals surface area contributed by atoms with Crippen molar-refractivity contribution in [1.29, 1.82) is 0 Å². The number of ketones is 1. The van der Waals surface area contributed by atoms with Gasteiger partial charge >= 0.3 is 0 Å². The molecule has 1 aromatic carbocycles. The molecule has 2 rings (SSSR count). The van der Waals surface area contributed by atoms with Gasteiger partial charge in [-0.2, -0.15) is 0 Å². The molecule has 1 heterocycles. The molecule has 0 saturated carbocycles. The average Bonchev–Trinajstić information content (AvgIpc) is 2.40. The fourth-order valence-corrected chi connectivity index (χ4v) is 3.02. The second-order valence-corrected chi connectivity index (χ2v) is 5.45. The molecule has 0 atom stereocenters. The van der Waals surface area contributed by atoms with Gasteiger partial charge in [0, 0.05) is 11.4 Å². The lowest BCUT2D eigenvalue weighted by Crippen LogP contribution is -2.45. The minimum atomic E-state index is -0.313. The van der Waals surface area contributed by atoms with Gasteiger partial charge in [0.05, 0.1) is 5.41 Å². The minimum absolute atomic E-state index is 0.313. The Morgan fingerprint density at radius 1 is 1.39 bits per heavy atom. The standard InChI is InChI=1S/C15H20ClNO/c1-2-4-14(18)15(7-9-17-10-8-15)12-5-3-6-13(16)11-12/h3,5-6,11,17H,2,4,7-10H2,1H3. The lowest BCUT2D eigenvalue weighted by molar-refractivity contribution is -0.125. The maximum absolute atomic E-state index is 12.6. The summed E-state index contributed by atoms with van der Waals surface area (Å²) in [5, 5.41) is 4.05. The quantitative estimate of drug-likeness (QED) is 0.905. The van der Waals surface area contributed by atoms with E-state index in [2.05, 4.69) is 12.2 Å². The summed E-state index contributed by atoms with van der Waals surface area (Å²) in [6.45, 7) is 3.87. The fraction of sp³-hybridized carbons (Fsp3) is 0.533. The summed E-state index contributed by atoms with van der Waals surface area (Å²) in [6, 6.07) is 7.82. The second kappa shape index (κ2) is 5.85. The van der Waals surface area contributed by atoms with Gasteiger partial charge in [0.15, 0.2) is 0 Å². The minimum Gasteiger partial charge on any atom is -0.317 e. The van der Waals surface area contributed by atoms with E-state index in [0.29, 0.717) is 12.2 Å². The largest absolute Gasteiger partial charge is 0.317 e. The zero-order chi connectivity index (χ0) is 13.0. The van der Waals surface area contributed by atoms with Crippen molar-refractivity contribution in [2.24, 2.45) is 0 Å². The van der Waals surface area contributed by atoms with E-state index in [1.807, 2.05) is 24.3 Å². The van der Waals surface area contributed by atoms with Crippen LogP contribution in [0, 0.1) is 0 Å². The van der Waals surface area contributed by atoms with E-state index in [1.165, 1.54) is 0 Å². The molecule has 1 saturated heterocycles. The zero-order valence-corrected chi connectivity index (χ0v) is 11.6. The molecule has 0 unspecified atom stereocenters. The number of carbonyl (C=O) groups is 1. The number of benzene rings is 1. The van der Waals surface area contributed by atoms with Gasteiger partial charge in [-0.15, -0.1) is 0 Å². The number of rotatable bonds is 4.